The smallest absolute Gasteiger partial charge is 0.279 e. The van der Waals surface area contributed by atoms with Gasteiger partial charge in [0.1, 0.15) is 0 Å². The van der Waals surface area contributed by atoms with Gasteiger partial charge >= 0.3 is 0 Å². The molecule has 0 aliphatic heterocycles. The van der Waals surface area contributed by atoms with E-state index >= 15 is 0 Å². The van der Waals surface area contributed by atoms with Crippen molar-refractivity contribution in [2.24, 2.45) is 0 Å². The van der Waals surface area contributed by atoms with Gasteiger partial charge in [-0.25, -0.2) is 4.98 Å². The number of rotatable bonds is 6. The van der Waals surface area contributed by atoms with Crippen LogP contribution in [0.15, 0.2) is 30.5 Å². The quantitative estimate of drug-likeness (QED) is 0.673. The van der Waals surface area contributed by atoms with E-state index < -0.39 is 0 Å². The maximum absolute atomic E-state index is 12.3. The second-order valence-electron chi connectivity index (χ2n) is 6.52. The Morgan fingerprint density at radius 1 is 1.08 bits per heavy atom. The summed E-state index contributed by atoms with van der Waals surface area (Å²) in [7, 11) is 1.79. The molecule has 1 heterocycles. The number of halogens is 1. The first-order valence-electron chi connectivity index (χ1n) is 8.35. The lowest BCUT2D eigenvalue weighted by Crippen LogP contribution is -3.11. The van der Waals surface area contributed by atoms with Gasteiger partial charge in [-0.2, -0.15) is 0 Å². The topological polar surface area (TPSA) is 75.5 Å². The normalized spacial score (nSPS) is 11.7. The standard InChI is InChI=1S/C19H23ClN4O2/c1-12-8-13(2)18(14(3)9-12)23-17(26)11-24(4)10-16(25)22-15-6-5-7-21-19(15)20/h5-9H,10-11H2,1-4H3,(H,22,25)(H,23,26)/p+1. The van der Waals surface area contributed by atoms with Crippen LogP contribution in [0.3, 0.4) is 0 Å². The number of hydrogen-bond donors (Lipinski definition) is 3. The third-order valence-electron chi connectivity index (χ3n) is 3.90. The van der Waals surface area contributed by atoms with Crippen LogP contribution < -0.4 is 15.5 Å². The third kappa shape index (κ3) is 5.54. The number of amides is 2. The lowest BCUT2D eigenvalue weighted by molar-refractivity contribution is -0.862. The number of carbonyl (C=O) groups excluding carboxylic acids is 2. The molecule has 2 rings (SSSR count). The minimum absolute atomic E-state index is 0.134. The number of nitrogens with one attached hydrogen (secondary N) is 3. The van der Waals surface area contributed by atoms with E-state index in [0.29, 0.717) is 5.69 Å². The molecule has 0 saturated carbocycles. The first kappa shape index (κ1) is 19.9. The Hall–Kier alpha value is -2.44. The van der Waals surface area contributed by atoms with Gasteiger partial charge in [0.05, 0.1) is 12.7 Å². The van der Waals surface area contributed by atoms with Crippen molar-refractivity contribution in [3.05, 3.63) is 52.3 Å². The molecule has 1 aromatic heterocycles. The van der Waals surface area contributed by atoms with Crippen molar-refractivity contribution in [3.8, 4) is 0 Å². The Morgan fingerprint density at radius 2 is 1.65 bits per heavy atom. The van der Waals surface area contributed by atoms with E-state index in [1.54, 1.807) is 25.4 Å². The van der Waals surface area contributed by atoms with Crippen LogP contribution in [0.5, 0.6) is 0 Å². The Bertz CT molecular complexity index is 800. The van der Waals surface area contributed by atoms with Crippen molar-refractivity contribution < 1.29 is 14.5 Å². The fraction of sp³-hybridized carbons (Fsp3) is 0.316. The molecular weight excluding hydrogens is 352 g/mol. The Morgan fingerprint density at radius 3 is 2.23 bits per heavy atom. The first-order valence-corrected chi connectivity index (χ1v) is 8.73. The number of quaternary nitrogens is 1. The summed E-state index contributed by atoms with van der Waals surface area (Å²) < 4.78 is 0. The van der Waals surface area contributed by atoms with Gasteiger partial charge < -0.3 is 15.5 Å². The van der Waals surface area contributed by atoms with Gasteiger partial charge in [-0.05, 0) is 44.0 Å². The number of nitrogens with zero attached hydrogens (tertiary/aromatic N) is 1. The summed E-state index contributed by atoms with van der Waals surface area (Å²) in [4.78, 5) is 29.1. The van der Waals surface area contributed by atoms with Crippen LogP contribution in [0.4, 0.5) is 11.4 Å². The molecule has 0 spiro atoms. The molecule has 2 aromatic rings. The van der Waals surface area contributed by atoms with Crippen LogP contribution in [0.1, 0.15) is 16.7 Å². The molecule has 138 valence electrons. The van der Waals surface area contributed by atoms with Crippen molar-refractivity contribution in [1.29, 1.82) is 0 Å². The van der Waals surface area contributed by atoms with E-state index in [0.717, 1.165) is 27.3 Å². The highest BCUT2D eigenvalue weighted by Gasteiger charge is 2.16. The number of pyridine rings is 1. The molecule has 1 unspecified atom stereocenters. The van der Waals surface area contributed by atoms with E-state index in [-0.39, 0.29) is 30.1 Å². The number of anilines is 2. The minimum Gasteiger partial charge on any atom is -0.322 e. The van der Waals surface area contributed by atoms with Crippen molar-refractivity contribution in [1.82, 2.24) is 4.98 Å². The summed E-state index contributed by atoms with van der Waals surface area (Å²) in [5.41, 5.74) is 4.50. The van der Waals surface area contributed by atoms with Gasteiger partial charge in [-0.3, -0.25) is 9.59 Å². The first-order chi connectivity index (χ1) is 12.3. The molecular formula is C19H24ClN4O2+. The van der Waals surface area contributed by atoms with Crippen LogP contribution in [0, 0.1) is 20.8 Å². The van der Waals surface area contributed by atoms with Crippen LogP contribution in [0.25, 0.3) is 0 Å². The molecule has 0 aliphatic rings. The number of benzene rings is 1. The zero-order valence-electron chi connectivity index (χ0n) is 15.4. The Balaban J connectivity index is 1.89. The number of carbonyl (C=O) groups is 2. The van der Waals surface area contributed by atoms with E-state index in [1.165, 1.54) is 0 Å². The van der Waals surface area contributed by atoms with E-state index in [9.17, 15) is 9.59 Å². The monoisotopic (exact) mass is 375 g/mol. The van der Waals surface area contributed by atoms with E-state index in [1.807, 2.05) is 32.9 Å². The number of likely N-dealkylation sites (N-methyl/N-ethyl adjacent to an activating group) is 1. The summed E-state index contributed by atoms with van der Waals surface area (Å²) >= 11 is 5.92. The second-order valence-corrected chi connectivity index (χ2v) is 6.88. The average Bonchev–Trinajstić information content (AvgIpc) is 2.52. The molecule has 0 bridgehead atoms. The summed E-state index contributed by atoms with van der Waals surface area (Å²) in [6.45, 7) is 6.29. The zero-order valence-corrected chi connectivity index (χ0v) is 16.2. The molecule has 0 radical (unpaired) electrons. The van der Waals surface area contributed by atoms with Gasteiger partial charge in [-0.15, -0.1) is 0 Å². The number of aryl methyl sites for hydroxylation is 3. The second kappa shape index (κ2) is 8.78. The van der Waals surface area contributed by atoms with Crippen LogP contribution in [-0.4, -0.2) is 36.9 Å². The van der Waals surface area contributed by atoms with E-state index in [4.69, 9.17) is 11.6 Å². The SMILES string of the molecule is Cc1cc(C)c(NC(=O)C[NH+](C)CC(=O)Nc2cccnc2Cl)c(C)c1. The maximum Gasteiger partial charge on any atom is 0.279 e. The molecule has 0 aliphatic carbocycles. The number of aromatic nitrogens is 1. The average molecular weight is 376 g/mol. The molecule has 3 N–H and O–H groups in total. The molecule has 26 heavy (non-hydrogen) atoms. The molecule has 1 aromatic carbocycles. The van der Waals surface area contributed by atoms with Crippen molar-refractivity contribution in [3.63, 3.8) is 0 Å². The third-order valence-corrected chi connectivity index (χ3v) is 4.20. The predicted octanol–water partition coefficient (Wildman–Crippen LogP) is 1.75. The fourth-order valence-corrected chi connectivity index (χ4v) is 3.01. The molecule has 0 fully saturated rings. The van der Waals surface area contributed by atoms with Crippen LogP contribution in [0.2, 0.25) is 5.15 Å². The molecule has 7 heteroatoms. The highest BCUT2D eigenvalue weighted by atomic mass is 35.5. The zero-order chi connectivity index (χ0) is 19.3. The fourth-order valence-electron chi connectivity index (χ4n) is 2.85. The van der Waals surface area contributed by atoms with Crippen LogP contribution in [-0.2, 0) is 9.59 Å². The molecule has 1 atom stereocenters. The van der Waals surface area contributed by atoms with Gasteiger partial charge in [0.15, 0.2) is 18.2 Å². The van der Waals surface area contributed by atoms with Crippen LogP contribution >= 0.6 is 11.6 Å². The lowest BCUT2D eigenvalue weighted by atomic mass is 10.1. The summed E-state index contributed by atoms with van der Waals surface area (Å²) in [6.07, 6.45) is 1.55. The highest BCUT2D eigenvalue weighted by molar-refractivity contribution is 6.32. The molecule has 6 nitrogen and oxygen atoms in total. The summed E-state index contributed by atoms with van der Waals surface area (Å²) in [6, 6.07) is 7.44. The summed E-state index contributed by atoms with van der Waals surface area (Å²) in [5.74, 6) is -0.363. The van der Waals surface area contributed by atoms with Gasteiger partial charge in [-0.1, -0.05) is 29.3 Å². The van der Waals surface area contributed by atoms with Crippen molar-refractivity contribution >= 4 is 34.8 Å². The minimum atomic E-state index is -0.229. The maximum atomic E-state index is 12.3. The Labute approximate surface area is 158 Å². The van der Waals surface area contributed by atoms with Crippen molar-refractivity contribution in [2.45, 2.75) is 20.8 Å². The van der Waals surface area contributed by atoms with Gasteiger partial charge in [0.25, 0.3) is 11.8 Å². The molecule has 0 saturated heterocycles. The van der Waals surface area contributed by atoms with E-state index in [2.05, 4.69) is 15.6 Å². The molecule has 2 amide bonds. The number of hydrogen-bond acceptors (Lipinski definition) is 3. The van der Waals surface area contributed by atoms with Crippen molar-refractivity contribution in [2.75, 3.05) is 30.8 Å². The highest BCUT2D eigenvalue weighted by Crippen LogP contribution is 2.21. The Kier molecular flexibility index (Phi) is 6.71. The largest absolute Gasteiger partial charge is 0.322 e. The summed E-state index contributed by atoms with van der Waals surface area (Å²) in [5, 5.41) is 5.89. The predicted molar refractivity (Wildman–Crippen MR) is 104 cm³/mol. The van der Waals surface area contributed by atoms with Gasteiger partial charge in [0, 0.05) is 11.9 Å². The van der Waals surface area contributed by atoms with Gasteiger partial charge in [0.2, 0.25) is 0 Å². The lowest BCUT2D eigenvalue weighted by Gasteiger charge is -2.16.